The summed E-state index contributed by atoms with van der Waals surface area (Å²) in [5.41, 5.74) is 1.67. The molecule has 0 aromatic heterocycles. The Morgan fingerprint density at radius 3 is 2.65 bits per heavy atom. The first-order valence-electron chi connectivity index (χ1n) is 7.98. The number of aliphatic carboxylic acids is 1. The molecule has 26 heavy (non-hydrogen) atoms. The van der Waals surface area contributed by atoms with Gasteiger partial charge >= 0.3 is 12.1 Å². The lowest BCUT2D eigenvalue weighted by Crippen LogP contribution is -2.24. The number of alkyl carbamates (subject to hydrolysis) is 1. The number of carboxylic acids is 1. The van der Waals surface area contributed by atoms with Crippen molar-refractivity contribution in [1.82, 2.24) is 5.32 Å². The Labute approximate surface area is 150 Å². The summed E-state index contributed by atoms with van der Waals surface area (Å²) < 4.78 is 18.3. The van der Waals surface area contributed by atoms with Gasteiger partial charge in [0.05, 0.1) is 6.42 Å². The Balaban J connectivity index is 1.78. The molecule has 0 spiro atoms. The minimum atomic E-state index is -1.05. The van der Waals surface area contributed by atoms with Gasteiger partial charge in [0.25, 0.3) is 0 Å². The lowest BCUT2D eigenvalue weighted by Gasteiger charge is -2.05. The molecule has 0 bridgehead atoms. The first-order valence-corrected chi connectivity index (χ1v) is 7.98. The van der Waals surface area contributed by atoms with Gasteiger partial charge in [0, 0.05) is 18.5 Å². The monoisotopic (exact) mass is 355 g/mol. The average Bonchev–Trinajstić information content (AvgIpc) is 2.61. The predicted octanol–water partition coefficient (Wildman–Crippen LogP) is 3.12. The average molecular weight is 355 g/mol. The van der Waals surface area contributed by atoms with Crippen molar-refractivity contribution >= 4 is 12.1 Å². The maximum Gasteiger partial charge on any atom is 0.407 e. The topological polar surface area (TPSA) is 75.6 Å². The van der Waals surface area contributed by atoms with E-state index in [-0.39, 0.29) is 19.6 Å². The van der Waals surface area contributed by atoms with Gasteiger partial charge in [-0.25, -0.2) is 9.18 Å². The SMILES string of the molecule is O=C(O)Cc1cc(F)ccc1C#CCCNC(=O)OCc1ccccc1. The zero-order valence-corrected chi connectivity index (χ0v) is 14.0. The molecule has 0 unspecified atom stereocenters. The molecule has 0 aliphatic carbocycles. The fourth-order valence-corrected chi connectivity index (χ4v) is 2.15. The van der Waals surface area contributed by atoms with E-state index in [0.29, 0.717) is 17.5 Å². The zero-order valence-electron chi connectivity index (χ0n) is 14.0. The highest BCUT2D eigenvalue weighted by atomic mass is 19.1. The maximum absolute atomic E-state index is 13.2. The minimum Gasteiger partial charge on any atom is -0.481 e. The molecule has 0 radical (unpaired) electrons. The summed E-state index contributed by atoms with van der Waals surface area (Å²) >= 11 is 0. The number of benzene rings is 2. The van der Waals surface area contributed by atoms with Gasteiger partial charge in [-0.15, -0.1) is 0 Å². The molecular formula is C20H18FNO4. The van der Waals surface area contributed by atoms with Crippen molar-refractivity contribution < 1.29 is 23.8 Å². The second-order valence-electron chi connectivity index (χ2n) is 5.41. The van der Waals surface area contributed by atoms with E-state index in [1.165, 1.54) is 12.1 Å². The van der Waals surface area contributed by atoms with E-state index in [0.717, 1.165) is 11.6 Å². The molecule has 0 heterocycles. The molecule has 0 aliphatic heterocycles. The van der Waals surface area contributed by atoms with Crippen LogP contribution in [-0.4, -0.2) is 23.7 Å². The highest BCUT2D eigenvalue weighted by molar-refractivity contribution is 5.71. The van der Waals surface area contributed by atoms with E-state index >= 15 is 0 Å². The zero-order chi connectivity index (χ0) is 18.8. The Morgan fingerprint density at radius 2 is 1.92 bits per heavy atom. The summed E-state index contributed by atoms with van der Waals surface area (Å²) in [6, 6.07) is 13.2. The molecule has 0 saturated heterocycles. The predicted molar refractivity (Wildman–Crippen MR) is 93.9 cm³/mol. The van der Waals surface area contributed by atoms with Gasteiger partial charge in [0.2, 0.25) is 0 Å². The van der Waals surface area contributed by atoms with Gasteiger partial charge in [-0.3, -0.25) is 4.79 Å². The number of carboxylic acid groups (broad SMARTS) is 1. The summed E-state index contributed by atoms with van der Waals surface area (Å²) in [5, 5.41) is 11.4. The lowest BCUT2D eigenvalue weighted by molar-refractivity contribution is -0.136. The standard InChI is InChI=1S/C20H18FNO4/c21-18-10-9-16(17(12-18)13-19(23)24)8-4-5-11-22-20(25)26-14-15-6-2-1-3-7-15/h1-3,6-7,9-10,12H,5,11,13-14H2,(H,22,25)(H,23,24). The second kappa shape index (κ2) is 9.84. The van der Waals surface area contributed by atoms with Crippen molar-refractivity contribution in [3.8, 4) is 11.8 Å². The van der Waals surface area contributed by atoms with E-state index in [4.69, 9.17) is 9.84 Å². The first-order chi connectivity index (χ1) is 12.5. The third kappa shape index (κ3) is 6.65. The summed E-state index contributed by atoms with van der Waals surface area (Å²) in [7, 11) is 0. The molecule has 1 amide bonds. The summed E-state index contributed by atoms with van der Waals surface area (Å²) in [4.78, 5) is 22.4. The fourth-order valence-electron chi connectivity index (χ4n) is 2.15. The Hall–Kier alpha value is -3.33. The molecule has 0 atom stereocenters. The second-order valence-corrected chi connectivity index (χ2v) is 5.41. The smallest absolute Gasteiger partial charge is 0.407 e. The van der Waals surface area contributed by atoms with Gasteiger partial charge in [-0.2, -0.15) is 0 Å². The number of hydrogen-bond acceptors (Lipinski definition) is 3. The molecule has 6 heteroatoms. The van der Waals surface area contributed by atoms with E-state index in [1.807, 2.05) is 30.3 Å². The largest absolute Gasteiger partial charge is 0.481 e. The lowest BCUT2D eigenvalue weighted by atomic mass is 10.0. The third-order valence-corrected chi connectivity index (χ3v) is 3.36. The highest BCUT2D eigenvalue weighted by Crippen LogP contribution is 2.11. The van der Waals surface area contributed by atoms with Crippen molar-refractivity contribution in [3.63, 3.8) is 0 Å². The van der Waals surface area contributed by atoms with Crippen molar-refractivity contribution in [2.24, 2.45) is 0 Å². The van der Waals surface area contributed by atoms with Crippen LogP contribution in [0.1, 0.15) is 23.1 Å². The van der Waals surface area contributed by atoms with Crippen LogP contribution in [0.25, 0.3) is 0 Å². The molecule has 0 fully saturated rings. The number of halogens is 1. The van der Waals surface area contributed by atoms with Gasteiger partial charge in [-0.1, -0.05) is 42.2 Å². The van der Waals surface area contributed by atoms with Crippen LogP contribution in [0.5, 0.6) is 0 Å². The molecule has 2 aromatic carbocycles. The first kappa shape index (κ1) is 19.0. The van der Waals surface area contributed by atoms with Crippen LogP contribution in [-0.2, 0) is 22.6 Å². The molecule has 0 aliphatic rings. The number of hydrogen-bond donors (Lipinski definition) is 2. The number of nitrogens with one attached hydrogen (secondary N) is 1. The number of carbonyl (C=O) groups is 2. The maximum atomic E-state index is 13.2. The van der Waals surface area contributed by atoms with Crippen LogP contribution in [0.15, 0.2) is 48.5 Å². The number of carbonyl (C=O) groups excluding carboxylic acids is 1. The van der Waals surface area contributed by atoms with E-state index in [9.17, 15) is 14.0 Å². The molecule has 5 nitrogen and oxygen atoms in total. The third-order valence-electron chi connectivity index (χ3n) is 3.36. The summed E-state index contributed by atoms with van der Waals surface area (Å²) in [6.45, 7) is 0.475. The molecule has 0 saturated carbocycles. The summed E-state index contributed by atoms with van der Waals surface area (Å²) in [5.74, 6) is 4.07. The van der Waals surface area contributed by atoms with Gasteiger partial charge < -0.3 is 15.2 Å². The van der Waals surface area contributed by atoms with E-state index in [2.05, 4.69) is 17.2 Å². The quantitative estimate of drug-likeness (QED) is 0.617. The molecule has 2 rings (SSSR count). The molecular weight excluding hydrogens is 337 g/mol. The van der Waals surface area contributed by atoms with Gasteiger partial charge in [-0.05, 0) is 29.3 Å². The van der Waals surface area contributed by atoms with Crippen molar-refractivity contribution in [2.75, 3.05) is 6.54 Å². The summed E-state index contributed by atoms with van der Waals surface area (Å²) in [6.07, 6.45) is -0.486. The fraction of sp³-hybridized carbons (Fsp3) is 0.200. The van der Waals surface area contributed by atoms with Crippen molar-refractivity contribution in [2.45, 2.75) is 19.4 Å². The van der Waals surface area contributed by atoms with Crippen LogP contribution >= 0.6 is 0 Å². The molecule has 2 aromatic rings. The van der Waals surface area contributed by atoms with Crippen LogP contribution in [0, 0.1) is 17.7 Å². The normalized spacial score (nSPS) is 9.73. The minimum absolute atomic E-state index is 0.187. The van der Waals surface area contributed by atoms with Gasteiger partial charge in [0.1, 0.15) is 12.4 Å². The molecule has 2 N–H and O–H groups in total. The number of amides is 1. The molecule has 134 valence electrons. The highest BCUT2D eigenvalue weighted by Gasteiger charge is 2.06. The van der Waals surface area contributed by atoms with E-state index < -0.39 is 17.9 Å². The van der Waals surface area contributed by atoms with Crippen LogP contribution in [0.4, 0.5) is 9.18 Å². The van der Waals surface area contributed by atoms with Crippen LogP contribution in [0.3, 0.4) is 0 Å². The number of rotatable bonds is 6. The Kier molecular flexibility index (Phi) is 7.19. The van der Waals surface area contributed by atoms with Crippen LogP contribution < -0.4 is 5.32 Å². The van der Waals surface area contributed by atoms with Crippen molar-refractivity contribution in [3.05, 3.63) is 71.0 Å². The Morgan fingerprint density at radius 1 is 1.15 bits per heavy atom. The Bertz CT molecular complexity index is 825. The van der Waals surface area contributed by atoms with Gasteiger partial charge in [0.15, 0.2) is 0 Å². The van der Waals surface area contributed by atoms with E-state index in [1.54, 1.807) is 0 Å². The number of ether oxygens (including phenoxy) is 1. The van der Waals surface area contributed by atoms with Crippen LogP contribution in [0.2, 0.25) is 0 Å². The van der Waals surface area contributed by atoms with Crippen molar-refractivity contribution in [1.29, 1.82) is 0 Å².